The maximum Gasteiger partial charge on any atom is 0.166 e. The SMILES string of the molecule is CC1Cc2ccc(F)cc2C(=O)C1C. The van der Waals surface area contributed by atoms with Crippen LogP contribution in [0.1, 0.15) is 29.8 Å². The van der Waals surface area contributed by atoms with Crippen LogP contribution in [0.25, 0.3) is 0 Å². The predicted molar refractivity (Wildman–Crippen MR) is 52.8 cm³/mol. The van der Waals surface area contributed by atoms with Crippen LogP contribution < -0.4 is 0 Å². The highest BCUT2D eigenvalue weighted by atomic mass is 19.1. The first-order valence-corrected chi connectivity index (χ1v) is 4.92. The molecule has 0 saturated carbocycles. The molecule has 0 N–H and O–H groups in total. The topological polar surface area (TPSA) is 17.1 Å². The number of benzene rings is 1. The highest BCUT2D eigenvalue weighted by Gasteiger charge is 2.29. The van der Waals surface area contributed by atoms with Crippen molar-refractivity contribution >= 4 is 5.78 Å². The lowest BCUT2D eigenvalue weighted by Crippen LogP contribution is -2.27. The summed E-state index contributed by atoms with van der Waals surface area (Å²) in [4.78, 5) is 11.8. The van der Waals surface area contributed by atoms with E-state index in [9.17, 15) is 9.18 Å². The molecule has 0 fully saturated rings. The molecule has 2 heteroatoms. The lowest BCUT2D eigenvalue weighted by Gasteiger charge is -2.26. The highest BCUT2D eigenvalue weighted by molar-refractivity contribution is 6.00. The molecule has 1 aromatic carbocycles. The van der Waals surface area contributed by atoms with Crippen molar-refractivity contribution in [2.45, 2.75) is 20.3 Å². The first-order valence-electron chi connectivity index (χ1n) is 4.92. The number of halogens is 1. The molecule has 0 amide bonds. The lowest BCUT2D eigenvalue weighted by molar-refractivity contribution is 0.0876. The van der Waals surface area contributed by atoms with Gasteiger partial charge < -0.3 is 0 Å². The van der Waals surface area contributed by atoms with Crippen LogP contribution in [0, 0.1) is 17.7 Å². The molecule has 0 saturated heterocycles. The van der Waals surface area contributed by atoms with Gasteiger partial charge in [-0.25, -0.2) is 4.39 Å². The van der Waals surface area contributed by atoms with Gasteiger partial charge in [-0.3, -0.25) is 4.79 Å². The summed E-state index contributed by atoms with van der Waals surface area (Å²) in [5.41, 5.74) is 1.57. The van der Waals surface area contributed by atoms with Crippen LogP contribution in [-0.2, 0) is 6.42 Å². The zero-order valence-corrected chi connectivity index (χ0v) is 8.38. The van der Waals surface area contributed by atoms with Crippen molar-refractivity contribution < 1.29 is 9.18 Å². The van der Waals surface area contributed by atoms with Gasteiger partial charge in [0.2, 0.25) is 0 Å². The molecule has 1 aliphatic carbocycles. The molecule has 0 aromatic heterocycles. The van der Waals surface area contributed by atoms with Crippen molar-refractivity contribution in [3.8, 4) is 0 Å². The molecule has 14 heavy (non-hydrogen) atoms. The first kappa shape index (κ1) is 9.38. The summed E-state index contributed by atoms with van der Waals surface area (Å²) in [6.45, 7) is 3.98. The monoisotopic (exact) mass is 192 g/mol. The Balaban J connectivity index is 2.51. The standard InChI is InChI=1S/C12H13FO/c1-7-5-9-3-4-10(13)6-11(9)12(14)8(7)2/h3-4,6-8H,5H2,1-2H3. The van der Waals surface area contributed by atoms with E-state index in [2.05, 4.69) is 6.92 Å². The fourth-order valence-corrected chi connectivity index (χ4v) is 1.98. The van der Waals surface area contributed by atoms with E-state index in [0.29, 0.717) is 11.5 Å². The maximum absolute atomic E-state index is 12.9. The summed E-state index contributed by atoms with van der Waals surface area (Å²) in [6, 6.07) is 4.51. The summed E-state index contributed by atoms with van der Waals surface area (Å²) in [5.74, 6) is 0.141. The minimum absolute atomic E-state index is 0.0179. The van der Waals surface area contributed by atoms with Crippen molar-refractivity contribution in [3.63, 3.8) is 0 Å². The Morgan fingerprint density at radius 2 is 2.07 bits per heavy atom. The molecule has 2 unspecified atom stereocenters. The second-order valence-electron chi connectivity index (χ2n) is 4.14. The normalized spacial score (nSPS) is 26.1. The molecule has 1 aromatic rings. The largest absolute Gasteiger partial charge is 0.294 e. The average molecular weight is 192 g/mol. The highest BCUT2D eigenvalue weighted by Crippen LogP contribution is 2.29. The zero-order valence-electron chi connectivity index (χ0n) is 8.38. The summed E-state index contributed by atoms with van der Waals surface area (Å²) < 4.78 is 12.9. The first-order chi connectivity index (χ1) is 6.59. The third kappa shape index (κ3) is 1.35. The number of carbonyl (C=O) groups excluding carboxylic acids is 1. The minimum Gasteiger partial charge on any atom is -0.294 e. The molecule has 1 aliphatic rings. The van der Waals surface area contributed by atoms with Crippen LogP contribution in [0.5, 0.6) is 0 Å². The molecule has 0 aliphatic heterocycles. The maximum atomic E-state index is 12.9. The van der Waals surface area contributed by atoms with Gasteiger partial charge in [-0.15, -0.1) is 0 Å². The third-order valence-corrected chi connectivity index (χ3v) is 3.15. The number of hydrogen-bond donors (Lipinski definition) is 0. The van der Waals surface area contributed by atoms with Gasteiger partial charge in [-0.05, 0) is 30.0 Å². The second-order valence-corrected chi connectivity index (χ2v) is 4.14. The van der Waals surface area contributed by atoms with Crippen molar-refractivity contribution in [1.29, 1.82) is 0 Å². The van der Waals surface area contributed by atoms with E-state index in [1.807, 2.05) is 6.92 Å². The number of fused-ring (bicyclic) bond motifs is 1. The quantitative estimate of drug-likeness (QED) is 0.617. The molecule has 0 bridgehead atoms. The molecule has 74 valence electrons. The van der Waals surface area contributed by atoms with Crippen LogP contribution >= 0.6 is 0 Å². The summed E-state index contributed by atoms with van der Waals surface area (Å²) in [5, 5.41) is 0. The lowest BCUT2D eigenvalue weighted by atomic mass is 9.77. The van der Waals surface area contributed by atoms with Crippen LogP contribution in [-0.4, -0.2) is 5.78 Å². The molecule has 1 nitrogen and oxygen atoms in total. The Morgan fingerprint density at radius 1 is 1.36 bits per heavy atom. The fourth-order valence-electron chi connectivity index (χ4n) is 1.98. The van der Waals surface area contributed by atoms with E-state index < -0.39 is 0 Å². The number of hydrogen-bond acceptors (Lipinski definition) is 1. The van der Waals surface area contributed by atoms with Gasteiger partial charge in [0.15, 0.2) is 5.78 Å². The van der Waals surface area contributed by atoms with Crippen LogP contribution in [0.15, 0.2) is 18.2 Å². The molecular formula is C12H13FO. The Kier molecular flexibility index (Phi) is 2.14. The molecule has 0 heterocycles. The zero-order chi connectivity index (χ0) is 10.3. The van der Waals surface area contributed by atoms with Gasteiger partial charge in [0.25, 0.3) is 0 Å². The third-order valence-electron chi connectivity index (χ3n) is 3.15. The van der Waals surface area contributed by atoms with Crippen LogP contribution in [0.2, 0.25) is 0 Å². The Labute approximate surface area is 82.9 Å². The van der Waals surface area contributed by atoms with Crippen molar-refractivity contribution in [2.75, 3.05) is 0 Å². The summed E-state index contributed by atoms with van der Waals surface area (Å²) in [7, 11) is 0. The van der Waals surface area contributed by atoms with Crippen molar-refractivity contribution in [3.05, 3.63) is 35.1 Å². The minimum atomic E-state index is -0.321. The smallest absolute Gasteiger partial charge is 0.166 e. The average Bonchev–Trinajstić information content (AvgIpc) is 2.16. The number of carbonyl (C=O) groups is 1. The van der Waals surface area contributed by atoms with Gasteiger partial charge >= 0.3 is 0 Å². The van der Waals surface area contributed by atoms with Crippen molar-refractivity contribution in [2.24, 2.45) is 11.8 Å². The van der Waals surface area contributed by atoms with E-state index in [1.165, 1.54) is 12.1 Å². The number of Topliss-reactive ketones (excluding diaryl/α,β-unsaturated/α-hetero) is 1. The summed E-state index contributed by atoms with van der Waals surface area (Å²) >= 11 is 0. The Morgan fingerprint density at radius 3 is 2.79 bits per heavy atom. The van der Waals surface area contributed by atoms with E-state index in [0.717, 1.165) is 12.0 Å². The fraction of sp³-hybridized carbons (Fsp3) is 0.417. The van der Waals surface area contributed by atoms with E-state index >= 15 is 0 Å². The molecular weight excluding hydrogens is 179 g/mol. The van der Waals surface area contributed by atoms with E-state index in [1.54, 1.807) is 6.07 Å². The van der Waals surface area contributed by atoms with Crippen molar-refractivity contribution in [1.82, 2.24) is 0 Å². The van der Waals surface area contributed by atoms with Crippen LogP contribution in [0.3, 0.4) is 0 Å². The van der Waals surface area contributed by atoms with Gasteiger partial charge in [-0.2, -0.15) is 0 Å². The van der Waals surface area contributed by atoms with Gasteiger partial charge in [0.1, 0.15) is 5.82 Å². The molecule has 0 radical (unpaired) electrons. The Bertz CT molecular complexity index is 384. The van der Waals surface area contributed by atoms with Gasteiger partial charge in [0, 0.05) is 11.5 Å². The molecule has 0 spiro atoms. The molecule has 2 rings (SSSR count). The van der Waals surface area contributed by atoms with Gasteiger partial charge in [-0.1, -0.05) is 19.9 Å². The predicted octanol–water partition coefficient (Wildman–Crippen LogP) is 2.84. The molecule has 2 atom stereocenters. The van der Waals surface area contributed by atoms with E-state index in [4.69, 9.17) is 0 Å². The van der Waals surface area contributed by atoms with Gasteiger partial charge in [0.05, 0.1) is 0 Å². The number of ketones is 1. The number of rotatable bonds is 0. The Hall–Kier alpha value is -1.18. The van der Waals surface area contributed by atoms with E-state index in [-0.39, 0.29) is 17.5 Å². The van der Waals surface area contributed by atoms with Crippen LogP contribution in [0.4, 0.5) is 4.39 Å². The second kappa shape index (κ2) is 3.19. The summed E-state index contributed by atoms with van der Waals surface area (Å²) in [6.07, 6.45) is 0.878.